The van der Waals surface area contributed by atoms with E-state index in [4.69, 9.17) is 9.72 Å². The zero-order chi connectivity index (χ0) is 13.9. The molecule has 0 aliphatic rings. The van der Waals surface area contributed by atoms with E-state index in [1.165, 1.54) is 0 Å². The molecule has 3 nitrogen and oxygen atoms in total. The van der Waals surface area contributed by atoms with Crippen LogP contribution in [0.25, 0.3) is 11.0 Å². The van der Waals surface area contributed by atoms with E-state index in [9.17, 15) is 0 Å². The Morgan fingerprint density at radius 2 is 1.75 bits per heavy atom. The summed E-state index contributed by atoms with van der Waals surface area (Å²) in [6.45, 7) is 2.12. The van der Waals surface area contributed by atoms with Gasteiger partial charge in [-0.25, -0.2) is 4.98 Å². The standard InChI is InChI=1S/C17H18N2O/c1-3-16(20-13-9-5-4-6-10-13)17-18-14-11-7-8-12-15(14)19(17)2/h4-12,16H,3H2,1-2H3/t16-/m0/s1. The van der Waals surface area contributed by atoms with Gasteiger partial charge in [0.25, 0.3) is 0 Å². The first-order chi connectivity index (χ1) is 9.79. The lowest BCUT2D eigenvalue weighted by molar-refractivity contribution is 0.188. The van der Waals surface area contributed by atoms with Crippen LogP contribution < -0.4 is 4.74 Å². The molecule has 20 heavy (non-hydrogen) atoms. The van der Waals surface area contributed by atoms with Gasteiger partial charge in [0.15, 0.2) is 11.9 Å². The van der Waals surface area contributed by atoms with Crippen molar-refractivity contribution in [2.24, 2.45) is 7.05 Å². The number of aryl methyl sites for hydroxylation is 1. The van der Waals surface area contributed by atoms with E-state index in [0.717, 1.165) is 29.0 Å². The molecule has 0 fully saturated rings. The highest BCUT2D eigenvalue weighted by molar-refractivity contribution is 5.75. The SMILES string of the molecule is CC[C@H](Oc1ccccc1)c1nc2ccccc2n1C. The van der Waals surface area contributed by atoms with Crippen LogP contribution in [0.1, 0.15) is 25.3 Å². The number of nitrogens with zero attached hydrogens (tertiary/aromatic N) is 2. The van der Waals surface area contributed by atoms with Crippen molar-refractivity contribution in [3.63, 3.8) is 0 Å². The molecule has 0 saturated heterocycles. The summed E-state index contributed by atoms with van der Waals surface area (Å²) in [5.74, 6) is 1.85. The summed E-state index contributed by atoms with van der Waals surface area (Å²) in [6.07, 6.45) is 0.848. The van der Waals surface area contributed by atoms with Gasteiger partial charge in [0.2, 0.25) is 0 Å². The van der Waals surface area contributed by atoms with Gasteiger partial charge in [0.05, 0.1) is 11.0 Å². The third-order valence-corrected chi connectivity index (χ3v) is 3.50. The van der Waals surface area contributed by atoms with Crippen molar-refractivity contribution in [1.29, 1.82) is 0 Å². The Hall–Kier alpha value is -2.29. The first-order valence-electron chi connectivity index (χ1n) is 6.92. The maximum atomic E-state index is 6.08. The van der Waals surface area contributed by atoms with Gasteiger partial charge in [-0.1, -0.05) is 37.3 Å². The molecule has 0 bridgehead atoms. The molecule has 3 rings (SSSR count). The Labute approximate surface area is 118 Å². The highest BCUT2D eigenvalue weighted by atomic mass is 16.5. The minimum absolute atomic E-state index is 0.0326. The molecule has 1 atom stereocenters. The van der Waals surface area contributed by atoms with Gasteiger partial charge >= 0.3 is 0 Å². The predicted molar refractivity (Wildman–Crippen MR) is 80.8 cm³/mol. The maximum absolute atomic E-state index is 6.08. The average molecular weight is 266 g/mol. The predicted octanol–water partition coefficient (Wildman–Crippen LogP) is 4.10. The summed E-state index contributed by atoms with van der Waals surface area (Å²) < 4.78 is 8.19. The average Bonchev–Trinajstić information content (AvgIpc) is 2.83. The van der Waals surface area contributed by atoms with Crippen LogP contribution in [0.4, 0.5) is 0 Å². The van der Waals surface area contributed by atoms with Crippen LogP contribution >= 0.6 is 0 Å². The van der Waals surface area contributed by atoms with Gasteiger partial charge in [-0.3, -0.25) is 0 Å². The van der Waals surface area contributed by atoms with Gasteiger partial charge in [-0.05, 0) is 30.7 Å². The fourth-order valence-electron chi connectivity index (χ4n) is 2.43. The van der Waals surface area contributed by atoms with E-state index in [-0.39, 0.29) is 6.10 Å². The molecular formula is C17H18N2O. The number of rotatable bonds is 4. The molecule has 0 unspecified atom stereocenters. The molecular weight excluding hydrogens is 248 g/mol. The van der Waals surface area contributed by atoms with Gasteiger partial charge in [0.1, 0.15) is 5.75 Å². The van der Waals surface area contributed by atoms with E-state index in [0.29, 0.717) is 0 Å². The van der Waals surface area contributed by atoms with E-state index in [1.807, 2.05) is 55.6 Å². The number of para-hydroxylation sites is 3. The van der Waals surface area contributed by atoms with Gasteiger partial charge < -0.3 is 9.30 Å². The summed E-state index contributed by atoms with van der Waals surface area (Å²) in [5, 5.41) is 0. The molecule has 0 aliphatic heterocycles. The Morgan fingerprint density at radius 3 is 2.45 bits per heavy atom. The molecule has 0 amide bonds. The summed E-state index contributed by atoms with van der Waals surface area (Å²) in [4.78, 5) is 4.72. The molecule has 1 aromatic heterocycles. The highest BCUT2D eigenvalue weighted by Crippen LogP contribution is 2.26. The number of hydrogen-bond donors (Lipinski definition) is 0. The smallest absolute Gasteiger partial charge is 0.156 e. The third kappa shape index (κ3) is 2.27. The second-order valence-electron chi connectivity index (χ2n) is 4.85. The zero-order valence-corrected chi connectivity index (χ0v) is 11.8. The minimum atomic E-state index is -0.0326. The number of fused-ring (bicyclic) bond motifs is 1. The lowest BCUT2D eigenvalue weighted by atomic mass is 10.2. The van der Waals surface area contributed by atoms with Crippen molar-refractivity contribution in [2.45, 2.75) is 19.4 Å². The van der Waals surface area contributed by atoms with Crippen molar-refractivity contribution in [3.8, 4) is 5.75 Å². The van der Waals surface area contributed by atoms with Crippen LogP contribution in [0.15, 0.2) is 54.6 Å². The second kappa shape index (κ2) is 5.37. The lowest BCUT2D eigenvalue weighted by Gasteiger charge is -2.17. The molecule has 3 aromatic rings. The van der Waals surface area contributed by atoms with Crippen LogP contribution in [0.5, 0.6) is 5.75 Å². The lowest BCUT2D eigenvalue weighted by Crippen LogP contribution is -2.12. The van der Waals surface area contributed by atoms with E-state index < -0.39 is 0 Å². The van der Waals surface area contributed by atoms with Gasteiger partial charge in [0, 0.05) is 7.05 Å². The van der Waals surface area contributed by atoms with Crippen LogP contribution in [-0.2, 0) is 7.05 Å². The molecule has 0 radical (unpaired) electrons. The van der Waals surface area contributed by atoms with Crippen molar-refractivity contribution in [3.05, 3.63) is 60.4 Å². The second-order valence-corrected chi connectivity index (χ2v) is 4.85. The number of aromatic nitrogens is 2. The molecule has 0 aliphatic carbocycles. The Kier molecular flexibility index (Phi) is 3.42. The largest absolute Gasteiger partial charge is 0.483 e. The van der Waals surface area contributed by atoms with E-state index in [2.05, 4.69) is 17.6 Å². The fourth-order valence-corrected chi connectivity index (χ4v) is 2.43. The van der Waals surface area contributed by atoms with Crippen LogP contribution in [-0.4, -0.2) is 9.55 Å². The van der Waals surface area contributed by atoms with Crippen molar-refractivity contribution in [1.82, 2.24) is 9.55 Å². The third-order valence-electron chi connectivity index (χ3n) is 3.50. The van der Waals surface area contributed by atoms with Gasteiger partial charge in [-0.2, -0.15) is 0 Å². The first kappa shape index (κ1) is 12.7. The Bertz CT molecular complexity index is 703. The van der Waals surface area contributed by atoms with Crippen molar-refractivity contribution < 1.29 is 4.74 Å². The molecule has 2 aromatic carbocycles. The normalized spacial score (nSPS) is 12.5. The molecule has 3 heteroatoms. The summed E-state index contributed by atoms with van der Waals surface area (Å²) >= 11 is 0. The van der Waals surface area contributed by atoms with Crippen LogP contribution in [0.3, 0.4) is 0 Å². The number of imidazole rings is 1. The number of ether oxygens (including phenoxy) is 1. The molecule has 0 spiro atoms. The van der Waals surface area contributed by atoms with E-state index >= 15 is 0 Å². The number of benzene rings is 2. The van der Waals surface area contributed by atoms with Crippen LogP contribution in [0, 0.1) is 0 Å². The quantitative estimate of drug-likeness (QED) is 0.710. The monoisotopic (exact) mass is 266 g/mol. The van der Waals surface area contributed by atoms with Crippen molar-refractivity contribution >= 4 is 11.0 Å². The maximum Gasteiger partial charge on any atom is 0.156 e. The molecule has 1 heterocycles. The van der Waals surface area contributed by atoms with Crippen LogP contribution in [0.2, 0.25) is 0 Å². The summed E-state index contributed by atoms with van der Waals surface area (Å²) in [5.41, 5.74) is 2.15. The molecule has 0 saturated carbocycles. The Morgan fingerprint density at radius 1 is 1.05 bits per heavy atom. The fraction of sp³-hybridized carbons (Fsp3) is 0.235. The summed E-state index contributed by atoms with van der Waals surface area (Å²) in [6, 6.07) is 18.1. The van der Waals surface area contributed by atoms with Crippen molar-refractivity contribution in [2.75, 3.05) is 0 Å². The summed E-state index contributed by atoms with van der Waals surface area (Å²) in [7, 11) is 2.04. The number of hydrogen-bond acceptors (Lipinski definition) is 2. The molecule has 0 N–H and O–H groups in total. The topological polar surface area (TPSA) is 27.1 Å². The molecule has 102 valence electrons. The zero-order valence-electron chi connectivity index (χ0n) is 11.8. The highest BCUT2D eigenvalue weighted by Gasteiger charge is 2.18. The first-order valence-corrected chi connectivity index (χ1v) is 6.92. The Balaban J connectivity index is 1.97. The minimum Gasteiger partial charge on any atom is -0.483 e. The van der Waals surface area contributed by atoms with Gasteiger partial charge in [-0.15, -0.1) is 0 Å². The van der Waals surface area contributed by atoms with E-state index in [1.54, 1.807) is 0 Å².